The summed E-state index contributed by atoms with van der Waals surface area (Å²) in [6.07, 6.45) is -0.848. The molecule has 2 heterocycles. The predicted molar refractivity (Wildman–Crippen MR) is 94.5 cm³/mol. The van der Waals surface area contributed by atoms with Crippen LogP contribution in [0.2, 0.25) is 10.2 Å². The number of carboxylic acids is 1. The molecule has 1 aromatic rings. The van der Waals surface area contributed by atoms with E-state index in [0.717, 1.165) is 0 Å². The van der Waals surface area contributed by atoms with Crippen molar-refractivity contribution in [1.29, 1.82) is 0 Å². The maximum atomic E-state index is 12.6. The molecule has 1 aliphatic rings. The molecule has 1 saturated heterocycles. The van der Waals surface area contributed by atoms with Gasteiger partial charge < -0.3 is 20.1 Å². The Morgan fingerprint density at radius 3 is 2.54 bits per heavy atom. The molecule has 10 heteroatoms. The molecule has 0 spiro atoms. The first kappa shape index (κ1) is 20.3. The van der Waals surface area contributed by atoms with E-state index in [2.05, 4.69) is 10.3 Å². The van der Waals surface area contributed by atoms with Crippen LogP contribution in [0.4, 0.5) is 4.79 Å². The number of hydrogen-bond donors (Lipinski definition) is 2. The number of halogens is 2. The summed E-state index contributed by atoms with van der Waals surface area (Å²) in [6.45, 7) is 4.85. The van der Waals surface area contributed by atoms with Gasteiger partial charge in [-0.1, -0.05) is 23.2 Å². The topological polar surface area (TPSA) is 109 Å². The van der Waals surface area contributed by atoms with Crippen LogP contribution in [0.25, 0.3) is 0 Å². The molecule has 1 unspecified atom stereocenters. The van der Waals surface area contributed by atoms with Gasteiger partial charge in [0.1, 0.15) is 16.4 Å². The molecule has 26 heavy (non-hydrogen) atoms. The van der Waals surface area contributed by atoms with Gasteiger partial charge in [0.25, 0.3) is 5.91 Å². The van der Waals surface area contributed by atoms with E-state index in [1.807, 2.05) is 0 Å². The Kier molecular flexibility index (Phi) is 5.67. The molecule has 2 N–H and O–H groups in total. The third-order valence-corrected chi connectivity index (χ3v) is 4.24. The third-order valence-electron chi connectivity index (χ3n) is 3.72. The summed E-state index contributed by atoms with van der Waals surface area (Å²) < 4.78 is 5.12. The number of amides is 2. The lowest BCUT2D eigenvalue weighted by atomic mass is 9.99. The van der Waals surface area contributed by atoms with E-state index in [4.69, 9.17) is 27.9 Å². The molecule has 8 nitrogen and oxygen atoms in total. The molecule has 1 atom stereocenters. The zero-order valence-electron chi connectivity index (χ0n) is 14.5. The summed E-state index contributed by atoms with van der Waals surface area (Å²) in [5.74, 6) is -1.82. The lowest BCUT2D eigenvalue weighted by molar-refractivity contribution is -0.144. The van der Waals surface area contributed by atoms with E-state index in [-0.39, 0.29) is 35.4 Å². The van der Waals surface area contributed by atoms with Crippen molar-refractivity contribution in [2.45, 2.75) is 38.3 Å². The molecular weight excluding hydrogens is 385 g/mol. The fourth-order valence-electron chi connectivity index (χ4n) is 2.53. The number of carbonyl (C=O) groups excluding carboxylic acids is 2. The van der Waals surface area contributed by atoms with E-state index in [0.29, 0.717) is 0 Å². The summed E-state index contributed by atoms with van der Waals surface area (Å²) in [4.78, 5) is 41.6. The highest BCUT2D eigenvalue weighted by Crippen LogP contribution is 2.26. The van der Waals surface area contributed by atoms with Gasteiger partial charge in [0.05, 0.1) is 11.6 Å². The van der Waals surface area contributed by atoms with Crippen molar-refractivity contribution in [2.75, 3.05) is 13.1 Å². The van der Waals surface area contributed by atoms with Gasteiger partial charge in [-0.3, -0.25) is 4.79 Å². The highest BCUT2D eigenvalue weighted by Gasteiger charge is 2.48. The standard InChI is InChI=1S/C16H19Cl2N3O5/c1-15(2,3)26-14(25)20-16(13(23)24)6-7-21(8-16)12(22)11-9(17)4-5-10(18)19-11/h4-5H,6-8H2,1-3H3,(H,20,25)(H,23,24). The highest BCUT2D eigenvalue weighted by atomic mass is 35.5. The molecule has 1 aromatic heterocycles. The van der Waals surface area contributed by atoms with E-state index in [9.17, 15) is 19.5 Å². The first-order chi connectivity index (χ1) is 11.9. The molecule has 0 aromatic carbocycles. The number of nitrogens with one attached hydrogen (secondary N) is 1. The number of alkyl carbamates (subject to hydrolysis) is 1. The molecule has 2 rings (SSSR count). The Morgan fingerprint density at radius 2 is 1.96 bits per heavy atom. The van der Waals surface area contributed by atoms with E-state index >= 15 is 0 Å². The summed E-state index contributed by atoms with van der Waals surface area (Å²) in [6, 6.07) is 2.87. The first-order valence-corrected chi connectivity index (χ1v) is 8.55. The number of carboxylic acid groups (broad SMARTS) is 1. The van der Waals surface area contributed by atoms with Crippen molar-refractivity contribution in [3.63, 3.8) is 0 Å². The van der Waals surface area contributed by atoms with Gasteiger partial charge in [-0.25, -0.2) is 14.6 Å². The third kappa shape index (κ3) is 4.56. The molecular formula is C16H19Cl2N3O5. The average Bonchev–Trinajstić information content (AvgIpc) is 2.92. The van der Waals surface area contributed by atoms with Crippen LogP contribution < -0.4 is 5.32 Å². The molecule has 1 fully saturated rings. The zero-order chi connectivity index (χ0) is 19.7. The molecule has 0 saturated carbocycles. The monoisotopic (exact) mass is 403 g/mol. The average molecular weight is 404 g/mol. The van der Waals surface area contributed by atoms with Crippen molar-refractivity contribution >= 4 is 41.2 Å². The molecule has 142 valence electrons. The first-order valence-electron chi connectivity index (χ1n) is 7.79. The number of carbonyl (C=O) groups is 3. The summed E-state index contributed by atoms with van der Waals surface area (Å²) in [5.41, 5.74) is -2.50. The summed E-state index contributed by atoms with van der Waals surface area (Å²) in [5, 5.41) is 12.2. The lowest BCUT2D eigenvalue weighted by Crippen LogP contribution is -2.57. The quantitative estimate of drug-likeness (QED) is 0.750. The van der Waals surface area contributed by atoms with Crippen LogP contribution in [0.3, 0.4) is 0 Å². The number of rotatable bonds is 3. The minimum absolute atomic E-state index is 0.0193. The van der Waals surface area contributed by atoms with E-state index < -0.39 is 29.1 Å². The number of hydrogen-bond acceptors (Lipinski definition) is 5. The number of pyridine rings is 1. The fraction of sp³-hybridized carbons (Fsp3) is 0.500. The lowest BCUT2D eigenvalue weighted by Gasteiger charge is -2.28. The maximum Gasteiger partial charge on any atom is 0.408 e. The second kappa shape index (κ2) is 7.28. The van der Waals surface area contributed by atoms with Crippen LogP contribution in [0, 0.1) is 0 Å². The van der Waals surface area contributed by atoms with Crippen LogP contribution >= 0.6 is 23.2 Å². The second-order valence-electron chi connectivity index (χ2n) is 6.96. The van der Waals surface area contributed by atoms with Crippen molar-refractivity contribution in [3.8, 4) is 0 Å². The predicted octanol–water partition coefficient (Wildman–Crippen LogP) is 2.58. The van der Waals surface area contributed by atoms with Gasteiger partial charge in [-0.05, 0) is 32.9 Å². The Balaban J connectivity index is 2.19. The Labute approximate surface area is 160 Å². The van der Waals surface area contributed by atoms with Gasteiger partial charge in [0.15, 0.2) is 5.54 Å². The van der Waals surface area contributed by atoms with Crippen LogP contribution in [0.5, 0.6) is 0 Å². The molecule has 0 aliphatic carbocycles. The van der Waals surface area contributed by atoms with Gasteiger partial charge in [-0.2, -0.15) is 0 Å². The molecule has 0 radical (unpaired) electrons. The van der Waals surface area contributed by atoms with Crippen LogP contribution in [0.15, 0.2) is 12.1 Å². The molecule has 2 amide bonds. The molecule has 1 aliphatic heterocycles. The van der Waals surface area contributed by atoms with Crippen molar-refractivity contribution in [1.82, 2.24) is 15.2 Å². The smallest absolute Gasteiger partial charge is 0.408 e. The van der Waals surface area contributed by atoms with Gasteiger partial charge >= 0.3 is 12.1 Å². The maximum absolute atomic E-state index is 12.6. The number of likely N-dealkylation sites (tertiary alicyclic amines) is 1. The van der Waals surface area contributed by atoms with Gasteiger partial charge in [0.2, 0.25) is 0 Å². The van der Waals surface area contributed by atoms with E-state index in [1.54, 1.807) is 20.8 Å². The number of aliphatic carboxylic acids is 1. The fourth-order valence-corrected chi connectivity index (χ4v) is 2.86. The van der Waals surface area contributed by atoms with Gasteiger partial charge in [-0.15, -0.1) is 0 Å². The Morgan fingerprint density at radius 1 is 1.31 bits per heavy atom. The number of ether oxygens (including phenoxy) is 1. The second-order valence-corrected chi connectivity index (χ2v) is 7.75. The largest absolute Gasteiger partial charge is 0.479 e. The SMILES string of the molecule is CC(C)(C)OC(=O)NC1(C(=O)O)CCN(C(=O)c2nc(Cl)ccc2Cl)C1. The van der Waals surface area contributed by atoms with Crippen LogP contribution in [0.1, 0.15) is 37.7 Å². The van der Waals surface area contributed by atoms with Crippen molar-refractivity contribution in [2.24, 2.45) is 0 Å². The summed E-state index contributed by atoms with van der Waals surface area (Å²) >= 11 is 11.8. The highest BCUT2D eigenvalue weighted by molar-refractivity contribution is 6.34. The van der Waals surface area contributed by atoms with Crippen LogP contribution in [-0.4, -0.2) is 57.2 Å². The van der Waals surface area contributed by atoms with Gasteiger partial charge in [0, 0.05) is 13.0 Å². The van der Waals surface area contributed by atoms with Crippen molar-refractivity contribution in [3.05, 3.63) is 28.0 Å². The normalized spacial score (nSPS) is 20.0. The van der Waals surface area contributed by atoms with Crippen molar-refractivity contribution < 1.29 is 24.2 Å². The molecule has 0 bridgehead atoms. The Bertz CT molecular complexity index is 750. The Hall–Kier alpha value is -2.06. The summed E-state index contributed by atoms with van der Waals surface area (Å²) in [7, 11) is 0. The number of aromatic nitrogens is 1. The van der Waals surface area contributed by atoms with Crippen LogP contribution in [-0.2, 0) is 9.53 Å². The van der Waals surface area contributed by atoms with E-state index in [1.165, 1.54) is 17.0 Å². The minimum Gasteiger partial charge on any atom is -0.479 e. The number of nitrogens with zero attached hydrogens (tertiary/aromatic N) is 2. The zero-order valence-corrected chi connectivity index (χ0v) is 16.0. The minimum atomic E-state index is -1.65.